The number of nitrogens with zero attached hydrogens (tertiary/aromatic N) is 3. The van der Waals surface area contributed by atoms with Gasteiger partial charge in [0.1, 0.15) is 5.82 Å². The minimum atomic E-state index is 0.325. The highest BCUT2D eigenvalue weighted by Gasteiger charge is 2.21. The Labute approximate surface area is 102 Å². The van der Waals surface area contributed by atoms with E-state index in [1.165, 1.54) is 12.8 Å². The summed E-state index contributed by atoms with van der Waals surface area (Å²) in [6, 6.07) is 1.93. The second kappa shape index (κ2) is 5.31. The molecular weight excluding hydrogens is 216 g/mol. The van der Waals surface area contributed by atoms with E-state index in [1.54, 1.807) is 0 Å². The van der Waals surface area contributed by atoms with Crippen LogP contribution in [0.5, 0.6) is 0 Å². The van der Waals surface area contributed by atoms with Crippen LogP contribution in [0, 0.1) is 12.8 Å². The van der Waals surface area contributed by atoms with Crippen LogP contribution in [0.4, 0.5) is 11.8 Å². The average molecular weight is 236 g/mol. The van der Waals surface area contributed by atoms with Crippen molar-refractivity contribution in [1.82, 2.24) is 9.97 Å². The van der Waals surface area contributed by atoms with Crippen LogP contribution in [0.2, 0.25) is 0 Å². The molecule has 0 atom stereocenters. The third-order valence-corrected chi connectivity index (χ3v) is 2.87. The van der Waals surface area contributed by atoms with E-state index in [2.05, 4.69) is 9.97 Å². The van der Waals surface area contributed by atoms with Crippen molar-refractivity contribution < 1.29 is 4.74 Å². The summed E-state index contributed by atoms with van der Waals surface area (Å²) < 4.78 is 5.59. The molecule has 17 heavy (non-hydrogen) atoms. The Morgan fingerprint density at radius 2 is 2.24 bits per heavy atom. The summed E-state index contributed by atoms with van der Waals surface area (Å²) in [7, 11) is 1.99. The number of ether oxygens (including phenoxy) is 1. The molecule has 1 aromatic heterocycles. The van der Waals surface area contributed by atoms with E-state index < -0.39 is 0 Å². The van der Waals surface area contributed by atoms with Crippen LogP contribution in [-0.4, -0.2) is 36.8 Å². The highest BCUT2D eigenvalue weighted by Crippen LogP contribution is 2.28. The number of hydrogen-bond acceptors (Lipinski definition) is 5. The average Bonchev–Trinajstić information content (AvgIpc) is 3.06. The molecule has 5 nitrogen and oxygen atoms in total. The molecule has 94 valence electrons. The Morgan fingerprint density at radius 3 is 2.88 bits per heavy atom. The van der Waals surface area contributed by atoms with Gasteiger partial charge in [-0.2, -0.15) is 4.98 Å². The van der Waals surface area contributed by atoms with E-state index in [-0.39, 0.29) is 0 Å². The van der Waals surface area contributed by atoms with Crippen molar-refractivity contribution in [1.29, 1.82) is 0 Å². The molecule has 0 unspecified atom stereocenters. The molecule has 1 aliphatic carbocycles. The molecule has 1 aliphatic rings. The van der Waals surface area contributed by atoms with E-state index in [0.717, 1.165) is 37.2 Å². The molecule has 2 rings (SSSR count). The quantitative estimate of drug-likeness (QED) is 0.753. The smallest absolute Gasteiger partial charge is 0.222 e. The molecule has 0 amide bonds. The van der Waals surface area contributed by atoms with Crippen molar-refractivity contribution in [3.05, 3.63) is 11.8 Å². The maximum atomic E-state index is 5.62. The first-order chi connectivity index (χ1) is 8.15. The fraction of sp³-hybridized carbons (Fsp3) is 0.667. The summed E-state index contributed by atoms with van der Waals surface area (Å²) in [5.74, 6) is 1.99. The maximum absolute atomic E-state index is 5.62. The summed E-state index contributed by atoms with van der Waals surface area (Å²) in [6.45, 7) is 4.37. The van der Waals surface area contributed by atoms with Crippen LogP contribution in [0.15, 0.2) is 6.07 Å². The lowest BCUT2D eigenvalue weighted by Gasteiger charge is -2.18. The van der Waals surface area contributed by atoms with Gasteiger partial charge >= 0.3 is 0 Å². The first kappa shape index (κ1) is 12.1. The number of nitrogens with two attached hydrogens (primary N) is 1. The first-order valence-corrected chi connectivity index (χ1v) is 6.05. The lowest BCUT2D eigenvalue weighted by atomic mass is 10.4. The Hall–Kier alpha value is -1.36. The second-order valence-electron chi connectivity index (χ2n) is 4.67. The zero-order valence-electron chi connectivity index (χ0n) is 10.5. The first-order valence-electron chi connectivity index (χ1n) is 6.05. The van der Waals surface area contributed by atoms with Crippen LogP contribution < -0.4 is 10.6 Å². The van der Waals surface area contributed by atoms with Gasteiger partial charge in [-0.15, -0.1) is 0 Å². The Morgan fingerprint density at radius 1 is 1.47 bits per heavy atom. The van der Waals surface area contributed by atoms with Gasteiger partial charge in [0.25, 0.3) is 0 Å². The predicted molar refractivity (Wildman–Crippen MR) is 68.0 cm³/mol. The topological polar surface area (TPSA) is 64.3 Å². The van der Waals surface area contributed by atoms with Gasteiger partial charge in [-0.3, -0.25) is 0 Å². The maximum Gasteiger partial charge on any atom is 0.222 e. The van der Waals surface area contributed by atoms with Crippen molar-refractivity contribution in [2.75, 3.05) is 37.4 Å². The summed E-state index contributed by atoms with van der Waals surface area (Å²) in [4.78, 5) is 10.3. The zero-order valence-corrected chi connectivity index (χ0v) is 10.5. The number of aryl methyl sites for hydroxylation is 1. The highest BCUT2D eigenvalue weighted by atomic mass is 16.5. The van der Waals surface area contributed by atoms with Gasteiger partial charge in [0, 0.05) is 32.0 Å². The lowest BCUT2D eigenvalue weighted by Crippen LogP contribution is -2.24. The van der Waals surface area contributed by atoms with Crippen molar-refractivity contribution in [3.63, 3.8) is 0 Å². The fourth-order valence-corrected chi connectivity index (χ4v) is 1.62. The number of likely N-dealkylation sites (N-methyl/N-ethyl adjacent to an activating group) is 1. The molecule has 1 fully saturated rings. The molecule has 1 heterocycles. The van der Waals surface area contributed by atoms with E-state index in [9.17, 15) is 0 Å². The van der Waals surface area contributed by atoms with Crippen molar-refractivity contribution in [3.8, 4) is 0 Å². The minimum absolute atomic E-state index is 0.325. The highest BCUT2D eigenvalue weighted by molar-refractivity contribution is 5.42. The van der Waals surface area contributed by atoms with Gasteiger partial charge in [-0.05, 0) is 25.7 Å². The van der Waals surface area contributed by atoms with E-state index in [0.29, 0.717) is 5.95 Å². The Bertz CT molecular complexity index is 359. The standard InChI is InChI=1S/C12H20N4O/c1-9-7-11(15-12(13)14-9)16(2)5-6-17-8-10-3-4-10/h7,10H,3-6,8H2,1-2H3,(H2,13,14,15). The molecule has 0 saturated heterocycles. The molecule has 0 spiro atoms. The molecule has 1 aromatic rings. The second-order valence-corrected chi connectivity index (χ2v) is 4.67. The predicted octanol–water partition coefficient (Wildman–Crippen LogP) is 1.23. The summed E-state index contributed by atoms with van der Waals surface area (Å²) in [5.41, 5.74) is 6.51. The van der Waals surface area contributed by atoms with Gasteiger partial charge in [-0.25, -0.2) is 4.98 Å². The van der Waals surface area contributed by atoms with Gasteiger partial charge in [0.05, 0.1) is 6.61 Å². The molecular formula is C12H20N4O. The number of anilines is 2. The number of hydrogen-bond donors (Lipinski definition) is 1. The molecule has 0 aromatic carbocycles. The van der Waals surface area contributed by atoms with Gasteiger partial charge in [0.15, 0.2) is 0 Å². The number of rotatable bonds is 6. The van der Waals surface area contributed by atoms with Crippen LogP contribution >= 0.6 is 0 Å². The molecule has 0 aliphatic heterocycles. The summed E-state index contributed by atoms with van der Waals surface area (Å²) in [5, 5.41) is 0. The molecule has 0 bridgehead atoms. The van der Waals surface area contributed by atoms with Crippen molar-refractivity contribution >= 4 is 11.8 Å². The van der Waals surface area contributed by atoms with E-state index in [1.807, 2.05) is 24.9 Å². The lowest BCUT2D eigenvalue weighted by molar-refractivity contribution is 0.131. The molecule has 1 saturated carbocycles. The fourth-order valence-electron chi connectivity index (χ4n) is 1.62. The van der Waals surface area contributed by atoms with Crippen LogP contribution in [0.1, 0.15) is 18.5 Å². The van der Waals surface area contributed by atoms with Gasteiger partial charge in [-0.1, -0.05) is 0 Å². The molecule has 0 radical (unpaired) electrons. The van der Waals surface area contributed by atoms with Crippen LogP contribution in [-0.2, 0) is 4.74 Å². The SMILES string of the molecule is Cc1cc(N(C)CCOCC2CC2)nc(N)n1. The van der Waals surface area contributed by atoms with Crippen LogP contribution in [0.25, 0.3) is 0 Å². The Kier molecular flexibility index (Phi) is 3.78. The zero-order chi connectivity index (χ0) is 12.3. The monoisotopic (exact) mass is 236 g/mol. The third-order valence-electron chi connectivity index (χ3n) is 2.87. The normalized spacial score (nSPS) is 14.9. The van der Waals surface area contributed by atoms with E-state index in [4.69, 9.17) is 10.5 Å². The Balaban J connectivity index is 1.78. The largest absolute Gasteiger partial charge is 0.379 e. The van der Waals surface area contributed by atoms with Gasteiger partial charge < -0.3 is 15.4 Å². The van der Waals surface area contributed by atoms with E-state index >= 15 is 0 Å². The summed E-state index contributed by atoms with van der Waals surface area (Å²) in [6.07, 6.45) is 2.66. The third kappa shape index (κ3) is 3.85. The molecule has 5 heteroatoms. The molecule has 2 N–H and O–H groups in total. The minimum Gasteiger partial charge on any atom is -0.379 e. The summed E-state index contributed by atoms with van der Waals surface area (Å²) >= 11 is 0. The van der Waals surface area contributed by atoms with Gasteiger partial charge in [0.2, 0.25) is 5.95 Å². The number of aromatic nitrogens is 2. The van der Waals surface area contributed by atoms with Crippen molar-refractivity contribution in [2.45, 2.75) is 19.8 Å². The number of nitrogen functional groups attached to an aromatic ring is 1. The van der Waals surface area contributed by atoms with Crippen molar-refractivity contribution in [2.24, 2.45) is 5.92 Å². The van der Waals surface area contributed by atoms with Crippen LogP contribution in [0.3, 0.4) is 0 Å².